The lowest BCUT2D eigenvalue weighted by atomic mass is 10.0. The Kier molecular flexibility index (Phi) is 21.1. The highest BCUT2D eigenvalue weighted by molar-refractivity contribution is 5.78. The molecule has 0 bridgehead atoms. The van der Waals surface area contributed by atoms with E-state index < -0.39 is 0 Å². The molecule has 0 unspecified atom stereocenters. The summed E-state index contributed by atoms with van der Waals surface area (Å²) < 4.78 is 0. The maximum atomic E-state index is 11.8. The largest absolute Gasteiger partial charge is 0.300 e. The molecule has 0 rings (SSSR count). The monoisotopic (exact) mass is 380 g/mol. The van der Waals surface area contributed by atoms with Gasteiger partial charge in [-0.15, -0.1) is 0 Å². The molecule has 0 aromatic rings. The van der Waals surface area contributed by atoms with E-state index in [2.05, 4.69) is 13.8 Å². The standard InChI is InChI=1S/C25H48O2/c1-3-5-7-16-20-24(26)22-18-14-12-10-9-11-13-15-19-23-25(27)21-17-8-6-4-2/h3-23H2,1-2H3. The van der Waals surface area contributed by atoms with Gasteiger partial charge in [-0.3, -0.25) is 9.59 Å². The summed E-state index contributed by atoms with van der Waals surface area (Å²) in [7, 11) is 0. The van der Waals surface area contributed by atoms with Crippen molar-refractivity contribution in [1.29, 1.82) is 0 Å². The van der Waals surface area contributed by atoms with Crippen molar-refractivity contribution in [1.82, 2.24) is 0 Å². The predicted molar refractivity (Wildman–Crippen MR) is 118 cm³/mol. The summed E-state index contributed by atoms with van der Waals surface area (Å²) in [6, 6.07) is 0. The van der Waals surface area contributed by atoms with Gasteiger partial charge >= 0.3 is 0 Å². The highest BCUT2D eigenvalue weighted by Crippen LogP contribution is 2.13. The number of unbranched alkanes of at least 4 members (excludes halogenated alkanes) is 14. The zero-order valence-corrected chi connectivity index (χ0v) is 18.7. The Labute approximate surface area is 170 Å². The molecule has 0 aliphatic heterocycles. The third-order valence-electron chi connectivity index (χ3n) is 5.53. The number of hydrogen-bond acceptors (Lipinski definition) is 2. The highest BCUT2D eigenvalue weighted by Gasteiger charge is 2.03. The van der Waals surface area contributed by atoms with Crippen LogP contribution in [0.1, 0.15) is 149 Å². The second kappa shape index (κ2) is 21.6. The predicted octanol–water partition coefficient (Wildman–Crippen LogP) is 8.36. The van der Waals surface area contributed by atoms with E-state index in [1.807, 2.05) is 0 Å². The zero-order chi connectivity index (χ0) is 20.0. The van der Waals surface area contributed by atoms with Crippen LogP contribution in [0.4, 0.5) is 0 Å². The molecule has 0 heterocycles. The molecule has 0 amide bonds. The Morgan fingerprint density at radius 1 is 0.370 bits per heavy atom. The van der Waals surface area contributed by atoms with Crippen molar-refractivity contribution in [3.05, 3.63) is 0 Å². The summed E-state index contributed by atoms with van der Waals surface area (Å²) in [6.45, 7) is 4.42. The Morgan fingerprint density at radius 3 is 0.852 bits per heavy atom. The van der Waals surface area contributed by atoms with Gasteiger partial charge in [-0.05, 0) is 25.7 Å². The van der Waals surface area contributed by atoms with Gasteiger partial charge in [0.15, 0.2) is 0 Å². The normalized spacial score (nSPS) is 11.0. The average molecular weight is 381 g/mol. The van der Waals surface area contributed by atoms with E-state index in [0.717, 1.165) is 51.4 Å². The fourth-order valence-electron chi connectivity index (χ4n) is 3.63. The van der Waals surface area contributed by atoms with Crippen molar-refractivity contribution < 1.29 is 9.59 Å². The molecule has 0 aromatic heterocycles. The van der Waals surface area contributed by atoms with Crippen LogP contribution >= 0.6 is 0 Å². The van der Waals surface area contributed by atoms with Crippen LogP contribution in [0.2, 0.25) is 0 Å². The molecule has 0 fully saturated rings. The smallest absolute Gasteiger partial charge is 0.132 e. The summed E-state index contributed by atoms with van der Waals surface area (Å²) in [4.78, 5) is 23.5. The Bertz CT molecular complexity index is 303. The fraction of sp³-hybridized carbons (Fsp3) is 0.920. The van der Waals surface area contributed by atoms with Crippen molar-refractivity contribution in [3.8, 4) is 0 Å². The number of rotatable bonds is 22. The van der Waals surface area contributed by atoms with E-state index in [-0.39, 0.29) is 0 Å². The van der Waals surface area contributed by atoms with E-state index in [9.17, 15) is 9.59 Å². The molecular formula is C25H48O2. The Hall–Kier alpha value is -0.660. The first kappa shape index (κ1) is 26.3. The SMILES string of the molecule is CCCCCCC(=O)CCCCCCCCCCCC(=O)CCCCCC. The average Bonchev–Trinajstić information content (AvgIpc) is 2.66. The molecule has 2 nitrogen and oxygen atoms in total. The molecule has 0 spiro atoms. The van der Waals surface area contributed by atoms with Gasteiger partial charge in [0.1, 0.15) is 11.6 Å². The minimum absolute atomic E-state index is 0.478. The van der Waals surface area contributed by atoms with Gasteiger partial charge in [0.2, 0.25) is 0 Å². The molecule has 2 heteroatoms. The topological polar surface area (TPSA) is 34.1 Å². The maximum Gasteiger partial charge on any atom is 0.132 e. The second-order valence-corrected chi connectivity index (χ2v) is 8.38. The van der Waals surface area contributed by atoms with Crippen LogP contribution in [0.5, 0.6) is 0 Å². The quantitative estimate of drug-likeness (QED) is 0.177. The van der Waals surface area contributed by atoms with Gasteiger partial charge in [0, 0.05) is 25.7 Å². The van der Waals surface area contributed by atoms with E-state index in [4.69, 9.17) is 0 Å². The summed E-state index contributed by atoms with van der Waals surface area (Å²) in [5, 5.41) is 0. The van der Waals surface area contributed by atoms with Crippen molar-refractivity contribution in [3.63, 3.8) is 0 Å². The van der Waals surface area contributed by atoms with Gasteiger partial charge in [-0.25, -0.2) is 0 Å². The molecule has 0 aliphatic carbocycles. The van der Waals surface area contributed by atoms with Crippen LogP contribution < -0.4 is 0 Å². The minimum atomic E-state index is 0.478. The first-order valence-corrected chi connectivity index (χ1v) is 12.2. The molecule has 160 valence electrons. The molecular weight excluding hydrogens is 332 g/mol. The summed E-state index contributed by atoms with van der Waals surface area (Å²) in [6.07, 6.45) is 24.0. The van der Waals surface area contributed by atoms with Gasteiger partial charge < -0.3 is 0 Å². The van der Waals surface area contributed by atoms with E-state index in [1.165, 1.54) is 83.5 Å². The maximum absolute atomic E-state index is 11.8. The number of Topliss-reactive ketones (excluding diaryl/α,β-unsaturated/α-hetero) is 2. The first-order valence-electron chi connectivity index (χ1n) is 12.2. The zero-order valence-electron chi connectivity index (χ0n) is 18.7. The van der Waals surface area contributed by atoms with E-state index in [0.29, 0.717) is 11.6 Å². The highest BCUT2D eigenvalue weighted by atomic mass is 16.1. The van der Waals surface area contributed by atoms with E-state index in [1.54, 1.807) is 0 Å². The fourth-order valence-corrected chi connectivity index (χ4v) is 3.63. The summed E-state index contributed by atoms with van der Waals surface area (Å²) in [5.74, 6) is 0.956. The number of carbonyl (C=O) groups excluding carboxylic acids is 2. The molecule has 0 N–H and O–H groups in total. The lowest BCUT2D eigenvalue weighted by Gasteiger charge is -2.04. The number of ketones is 2. The van der Waals surface area contributed by atoms with Gasteiger partial charge in [0.25, 0.3) is 0 Å². The number of carbonyl (C=O) groups is 2. The minimum Gasteiger partial charge on any atom is -0.300 e. The van der Waals surface area contributed by atoms with E-state index >= 15 is 0 Å². The van der Waals surface area contributed by atoms with Crippen LogP contribution in [0, 0.1) is 0 Å². The molecule has 0 atom stereocenters. The molecule has 27 heavy (non-hydrogen) atoms. The molecule has 0 saturated carbocycles. The third kappa shape index (κ3) is 21.5. The Morgan fingerprint density at radius 2 is 0.593 bits per heavy atom. The van der Waals surface area contributed by atoms with Crippen LogP contribution in [-0.4, -0.2) is 11.6 Å². The van der Waals surface area contributed by atoms with Crippen molar-refractivity contribution in [2.24, 2.45) is 0 Å². The Balaban J connectivity index is 3.20. The second-order valence-electron chi connectivity index (χ2n) is 8.38. The third-order valence-corrected chi connectivity index (χ3v) is 5.53. The van der Waals surface area contributed by atoms with Gasteiger partial charge in [0.05, 0.1) is 0 Å². The van der Waals surface area contributed by atoms with Crippen LogP contribution in [0.25, 0.3) is 0 Å². The van der Waals surface area contributed by atoms with Crippen molar-refractivity contribution >= 4 is 11.6 Å². The first-order chi connectivity index (χ1) is 13.2. The number of hydrogen-bond donors (Lipinski definition) is 0. The lowest BCUT2D eigenvalue weighted by molar-refractivity contribution is -0.120. The van der Waals surface area contributed by atoms with Gasteiger partial charge in [-0.2, -0.15) is 0 Å². The van der Waals surface area contributed by atoms with Gasteiger partial charge in [-0.1, -0.05) is 97.3 Å². The summed E-state index contributed by atoms with van der Waals surface area (Å²) >= 11 is 0. The van der Waals surface area contributed by atoms with Crippen LogP contribution in [0.3, 0.4) is 0 Å². The van der Waals surface area contributed by atoms with Crippen molar-refractivity contribution in [2.75, 3.05) is 0 Å². The van der Waals surface area contributed by atoms with Crippen LogP contribution in [-0.2, 0) is 9.59 Å². The molecule has 0 radical (unpaired) electrons. The summed E-state index contributed by atoms with van der Waals surface area (Å²) in [5.41, 5.74) is 0. The molecule has 0 saturated heterocycles. The van der Waals surface area contributed by atoms with Crippen molar-refractivity contribution in [2.45, 2.75) is 149 Å². The molecule has 0 aliphatic rings. The van der Waals surface area contributed by atoms with Crippen LogP contribution in [0.15, 0.2) is 0 Å². The lowest BCUT2D eigenvalue weighted by Crippen LogP contribution is -1.97. The molecule has 0 aromatic carbocycles.